The Morgan fingerprint density at radius 3 is 2.50 bits per heavy atom. The van der Waals surface area contributed by atoms with E-state index in [1.165, 1.54) is 52.5 Å². The third-order valence-corrected chi connectivity index (χ3v) is 5.62. The van der Waals surface area contributed by atoms with Crippen LogP contribution in [-0.2, 0) is 12.1 Å². The van der Waals surface area contributed by atoms with Crippen molar-refractivity contribution in [2.75, 3.05) is 5.32 Å². The third kappa shape index (κ3) is 4.55. The van der Waals surface area contributed by atoms with Crippen LogP contribution in [0, 0.1) is 24.4 Å². The van der Waals surface area contributed by atoms with Crippen LogP contribution in [0.3, 0.4) is 0 Å². The van der Waals surface area contributed by atoms with Crippen molar-refractivity contribution in [2.24, 2.45) is 0 Å². The number of benzene rings is 2. The lowest BCUT2D eigenvalue weighted by molar-refractivity contribution is -0.0369. The van der Waals surface area contributed by atoms with Crippen molar-refractivity contribution in [3.8, 4) is 0 Å². The first-order chi connectivity index (χ1) is 16.2. The largest absolute Gasteiger partial charge is 0.381 e. The number of carbonyl (C=O) groups is 1. The zero-order chi connectivity index (χ0) is 24.5. The van der Waals surface area contributed by atoms with Gasteiger partial charge in [-0.1, -0.05) is 6.07 Å². The SMILES string of the molecule is Cc1nn([C@H](C)[C@](O)(Cn2cncn2)c2ccc(F)cc2F)cc1C(=O)Nc1ccc(F)cc1. The van der Waals surface area contributed by atoms with Gasteiger partial charge in [-0.2, -0.15) is 10.2 Å². The Kier molecular flexibility index (Phi) is 6.20. The molecule has 2 atom stereocenters. The van der Waals surface area contributed by atoms with Crippen LogP contribution in [-0.4, -0.2) is 35.6 Å². The van der Waals surface area contributed by atoms with Gasteiger partial charge in [-0.3, -0.25) is 9.48 Å². The van der Waals surface area contributed by atoms with Crippen LogP contribution in [0.1, 0.15) is 34.6 Å². The molecule has 0 fully saturated rings. The normalized spacial score (nSPS) is 13.9. The van der Waals surface area contributed by atoms with Crippen molar-refractivity contribution in [2.45, 2.75) is 32.0 Å². The summed E-state index contributed by atoms with van der Waals surface area (Å²) in [5.74, 6) is -2.65. The lowest BCUT2D eigenvalue weighted by Gasteiger charge is -2.34. The molecule has 11 heteroatoms. The van der Waals surface area contributed by atoms with Crippen LogP contribution >= 0.6 is 0 Å². The molecule has 2 N–H and O–H groups in total. The molecule has 4 aromatic rings. The molecule has 4 rings (SSSR count). The van der Waals surface area contributed by atoms with Gasteiger partial charge in [0, 0.05) is 23.5 Å². The third-order valence-electron chi connectivity index (χ3n) is 5.62. The van der Waals surface area contributed by atoms with Crippen LogP contribution in [0.4, 0.5) is 18.9 Å². The fourth-order valence-electron chi connectivity index (χ4n) is 3.70. The Hall–Kier alpha value is -3.99. The summed E-state index contributed by atoms with van der Waals surface area (Å²) in [5.41, 5.74) is -1.15. The quantitative estimate of drug-likeness (QED) is 0.430. The highest BCUT2D eigenvalue weighted by Crippen LogP contribution is 2.36. The summed E-state index contributed by atoms with van der Waals surface area (Å²) in [6.45, 7) is 2.98. The minimum absolute atomic E-state index is 0.164. The number of carbonyl (C=O) groups excluding carboxylic acids is 1. The molecule has 2 aromatic heterocycles. The molecule has 2 aromatic carbocycles. The number of rotatable bonds is 7. The number of amides is 1. The highest BCUT2D eigenvalue weighted by molar-refractivity contribution is 6.04. The molecule has 0 aliphatic heterocycles. The van der Waals surface area contributed by atoms with E-state index in [0.717, 1.165) is 12.1 Å². The van der Waals surface area contributed by atoms with Crippen LogP contribution in [0.25, 0.3) is 0 Å². The summed E-state index contributed by atoms with van der Waals surface area (Å²) in [6, 6.07) is 7.26. The van der Waals surface area contributed by atoms with E-state index in [4.69, 9.17) is 0 Å². The predicted molar refractivity (Wildman–Crippen MR) is 116 cm³/mol. The average Bonchev–Trinajstić information content (AvgIpc) is 3.44. The van der Waals surface area contributed by atoms with Crippen molar-refractivity contribution >= 4 is 11.6 Å². The minimum Gasteiger partial charge on any atom is -0.381 e. The van der Waals surface area contributed by atoms with Crippen molar-refractivity contribution in [1.82, 2.24) is 24.5 Å². The van der Waals surface area contributed by atoms with Gasteiger partial charge in [-0.15, -0.1) is 0 Å². The molecule has 176 valence electrons. The molecule has 0 spiro atoms. The number of aryl methyl sites for hydroxylation is 1. The fraction of sp³-hybridized carbons (Fsp3) is 0.217. The monoisotopic (exact) mass is 470 g/mol. The van der Waals surface area contributed by atoms with E-state index >= 15 is 0 Å². The molecule has 34 heavy (non-hydrogen) atoms. The predicted octanol–water partition coefficient (Wildman–Crippen LogP) is 3.60. The maximum absolute atomic E-state index is 14.8. The highest BCUT2D eigenvalue weighted by atomic mass is 19.1. The summed E-state index contributed by atoms with van der Waals surface area (Å²) in [5, 5.41) is 22.7. The molecule has 0 radical (unpaired) electrons. The fourth-order valence-corrected chi connectivity index (χ4v) is 3.70. The standard InChI is InChI=1S/C23H21F3N6O2/c1-14-19(22(33)29-18-6-3-16(24)4-7-18)10-32(30-14)15(2)23(34,11-31-13-27-12-28-31)20-8-5-17(25)9-21(20)26/h3-10,12-13,15,34H,11H2,1-2H3,(H,29,33)/t15-,23-/m1/s1. The lowest BCUT2D eigenvalue weighted by Crippen LogP contribution is -2.41. The highest BCUT2D eigenvalue weighted by Gasteiger charge is 2.41. The maximum atomic E-state index is 14.8. The molecular formula is C23H21F3N6O2. The number of nitrogens with zero attached hydrogens (tertiary/aromatic N) is 5. The van der Waals surface area contributed by atoms with Gasteiger partial charge in [0.25, 0.3) is 5.91 Å². The molecule has 0 aliphatic rings. The van der Waals surface area contributed by atoms with Gasteiger partial charge < -0.3 is 10.4 Å². The van der Waals surface area contributed by atoms with Crippen molar-refractivity contribution < 1.29 is 23.1 Å². The van der Waals surface area contributed by atoms with Gasteiger partial charge in [0.2, 0.25) is 0 Å². The van der Waals surface area contributed by atoms with E-state index in [0.29, 0.717) is 17.4 Å². The molecule has 1 amide bonds. The molecule has 0 saturated carbocycles. The molecular weight excluding hydrogens is 449 g/mol. The van der Waals surface area contributed by atoms with E-state index in [1.807, 2.05) is 0 Å². The van der Waals surface area contributed by atoms with E-state index in [1.54, 1.807) is 13.8 Å². The number of hydrogen-bond acceptors (Lipinski definition) is 5. The van der Waals surface area contributed by atoms with Gasteiger partial charge in [0.05, 0.1) is 23.8 Å². The second kappa shape index (κ2) is 9.10. The van der Waals surface area contributed by atoms with Crippen molar-refractivity contribution in [3.63, 3.8) is 0 Å². The van der Waals surface area contributed by atoms with Gasteiger partial charge >= 0.3 is 0 Å². The Labute approximate surface area is 192 Å². The summed E-state index contributed by atoms with van der Waals surface area (Å²) in [4.78, 5) is 16.6. The first-order valence-corrected chi connectivity index (χ1v) is 10.3. The lowest BCUT2D eigenvalue weighted by atomic mass is 9.86. The molecule has 0 bridgehead atoms. The number of hydrogen-bond donors (Lipinski definition) is 2. The first-order valence-electron chi connectivity index (χ1n) is 10.3. The number of aromatic nitrogens is 5. The Bertz CT molecular complexity index is 1310. The maximum Gasteiger partial charge on any atom is 0.259 e. The van der Waals surface area contributed by atoms with E-state index in [2.05, 4.69) is 20.5 Å². The van der Waals surface area contributed by atoms with Gasteiger partial charge in [0.15, 0.2) is 0 Å². The van der Waals surface area contributed by atoms with E-state index in [9.17, 15) is 23.1 Å². The zero-order valence-corrected chi connectivity index (χ0v) is 18.3. The molecule has 0 unspecified atom stereocenters. The van der Waals surface area contributed by atoms with Gasteiger partial charge in [-0.25, -0.2) is 22.8 Å². The van der Waals surface area contributed by atoms with E-state index in [-0.39, 0.29) is 17.7 Å². The number of halogens is 3. The molecule has 2 heterocycles. The van der Waals surface area contributed by atoms with E-state index < -0.39 is 35.0 Å². The summed E-state index contributed by atoms with van der Waals surface area (Å²) in [6.07, 6.45) is 4.05. The van der Waals surface area contributed by atoms with Gasteiger partial charge in [-0.05, 0) is 44.2 Å². The van der Waals surface area contributed by atoms with Crippen LogP contribution < -0.4 is 5.32 Å². The molecule has 8 nitrogen and oxygen atoms in total. The van der Waals surface area contributed by atoms with Gasteiger partial charge in [0.1, 0.15) is 35.7 Å². The number of aliphatic hydroxyl groups is 1. The second-order valence-electron chi connectivity index (χ2n) is 7.89. The van der Waals surface area contributed by atoms with Crippen LogP contribution in [0.15, 0.2) is 61.3 Å². The Morgan fingerprint density at radius 1 is 1.15 bits per heavy atom. The summed E-state index contributed by atoms with van der Waals surface area (Å²) >= 11 is 0. The molecule has 0 saturated heterocycles. The van der Waals surface area contributed by atoms with Crippen LogP contribution in [0.5, 0.6) is 0 Å². The first kappa shape index (κ1) is 23.2. The summed E-state index contributed by atoms with van der Waals surface area (Å²) in [7, 11) is 0. The minimum atomic E-state index is -1.94. The topological polar surface area (TPSA) is 97.9 Å². The second-order valence-corrected chi connectivity index (χ2v) is 7.89. The van der Waals surface area contributed by atoms with Crippen LogP contribution in [0.2, 0.25) is 0 Å². The Balaban J connectivity index is 1.68. The van der Waals surface area contributed by atoms with Crippen molar-refractivity contribution in [3.05, 3.63) is 95.6 Å². The van der Waals surface area contributed by atoms with Crippen molar-refractivity contribution in [1.29, 1.82) is 0 Å². The molecule has 0 aliphatic carbocycles. The zero-order valence-electron chi connectivity index (χ0n) is 18.3. The Morgan fingerprint density at radius 2 is 1.85 bits per heavy atom. The summed E-state index contributed by atoms with van der Waals surface area (Å²) < 4.78 is 44.1. The number of anilines is 1. The smallest absolute Gasteiger partial charge is 0.259 e. The number of nitrogens with one attached hydrogen (secondary N) is 1. The average molecular weight is 470 g/mol.